The molecule has 0 fully saturated rings. The third kappa shape index (κ3) is 3.32. The van der Waals surface area contributed by atoms with Crippen molar-refractivity contribution < 1.29 is 14.3 Å². The van der Waals surface area contributed by atoms with Gasteiger partial charge in [-0.3, -0.25) is 14.5 Å². The summed E-state index contributed by atoms with van der Waals surface area (Å²) in [6.45, 7) is 3.59. The molecule has 104 valence electrons. The van der Waals surface area contributed by atoms with Crippen LogP contribution in [0.15, 0.2) is 41.0 Å². The maximum absolute atomic E-state index is 12.2. The molecule has 0 bridgehead atoms. The van der Waals surface area contributed by atoms with Gasteiger partial charge in [-0.25, -0.2) is 4.99 Å². The smallest absolute Gasteiger partial charge is 0.302 e. The third-order valence-corrected chi connectivity index (χ3v) is 2.86. The second kappa shape index (κ2) is 6.14. The van der Waals surface area contributed by atoms with Gasteiger partial charge in [0.05, 0.1) is 6.54 Å². The summed E-state index contributed by atoms with van der Waals surface area (Å²) in [6, 6.07) is 9.54. The van der Waals surface area contributed by atoms with Crippen molar-refractivity contribution in [3.05, 3.63) is 41.6 Å². The molecule has 2 rings (SSSR count). The van der Waals surface area contributed by atoms with Crippen LogP contribution in [-0.2, 0) is 14.3 Å². The normalized spacial score (nSPS) is 16.5. The van der Waals surface area contributed by atoms with Crippen molar-refractivity contribution in [1.82, 2.24) is 4.90 Å². The Morgan fingerprint density at radius 3 is 2.70 bits per heavy atom. The number of esters is 1. The Morgan fingerprint density at radius 1 is 1.35 bits per heavy atom. The Bertz CT molecular complexity index is 576. The van der Waals surface area contributed by atoms with Crippen molar-refractivity contribution in [1.29, 1.82) is 0 Å². The fourth-order valence-electron chi connectivity index (χ4n) is 1.91. The van der Waals surface area contributed by atoms with Gasteiger partial charge in [0.1, 0.15) is 18.1 Å². The molecule has 20 heavy (non-hydrogen) atoms. The highest BCUT2D eigenvalue weighted by molar-refractivity contribution is 6.13. The average molecular weight is 272 g/mol. The number of hydrogen-bond donors (Lipinski definition) is 0. The van der Waals surface area contributed by atoms with E-state index in [9.17, 15) is 9.59 Å². The lowest BCUT2D eigenvalue weighted by Crippen LogP contribution is -2.33. The van der Waals surface area contributed by atoms with Crippen molar-refractivity contribution in [3.63, 3.8) is 0 Å². The predicted octanol–water partition coefficient (Wildman–Crippen LogP) is 1.85. The molecule has 1 aromatic carbocycles. The molecule has 0 atom stereocenters. The zero-order chi connectivity index (χ0) is 14.5. The van der Waals surface area contributed by atoms with Crippen LogP contribution in [0.4, 0.5) is 0 Å². The molecule has 0 aromatic heterocycles. The lowest BCUT2D eigenvalue weighted by Gasteiger charge is -2.15. The third-order valence-electron chi connectivity index (χ3n) is 2.86. The standard InChI is InChI=1S/C15H16N2O3/c1-11-16-14(10-13-6-4-3-5-7-13)15(19)17(11)8-9-20-12(2)18/h3-7,10H,8-9H2,1-2H3. The van der Waals surface area contributed by atoms with Gasteiger partial charge in [-0.15, -0.1) is 0 Å². The van der Waals surface area contributed by atoms with Crippen LogP contribution in [0.3, 0.4) is 0 Å². The fraction of sp³-hybridized carbons (Fsp3) is 0.267. The first kappa shape index (κ1) is 14.0. The van der Waals surface area contributed by atoms with Crippen LogP contribution in [0, 0.1) is 0 Å². The van der Waals surface area contributed by atoms with E-state index in [4.69, 9.17) is 4.74 Å². The van der Waals surface area contributed by atoms with Crippen molar-refractivity contribution in [2.24, 2.45) is 4.99 Å². The number of carbonyl (C=O) groups is 2. The van der Waals surface area contributed by atoms with Gasteiger partial charge >= 0.3 is 5.97 Å². The van der Waals surface area contributed by atoms with Crippen LogP contribution >= 0.6 is 0 Å². The highest BCUT2D eigenvalue weighted by Gasteiger charge is 2.27. The van der Waals surface area contributed by atoms with E-state index < -0.39 is 0 Å². The molecule has 0 saturated carbocycles. The molecule has 5 nitrogen and oxygen atoms in total. The first-order chi connectivity index (χ1) is 9.58. The first-order valence-electron chi connectivity index (χ1n) is 6.35. The van der Waals surface area contributed by atoms with Crippen LogP contribution in [0.1, 0.15) is 19.4 Å². The second-order valence-corrected chi connectivity index (χ2v) is 4.40. The maximum Gasteiger partial charge on any atom is 0.302 e. The fourth-order valence-corrected chi connectivity index (χ4v) is 1.91. The van der Waals surface area contributed by atoms with E-state index in [0.29, 0.717) is 18.1 Å². The molecule has 1 aliphatic heterocycles. The van der Waals surface area contributed by atoms with Gasteiger partial charge in [0.2, 0.25) is 0 Å². The zero-order valence-corrected chi connectivity index (χ0v) is 11.5. The van der Waals surface area contributed by atoms with Crippen molar-refractivity contribution in [2.45, 2.75) is 13.8 Å². The lowest BCUT2D eigenvalue weighted by molar-refractivity contribution is -0.142. The average Bonchev–Trinajstić information content (AvgIpc) is 2.67. The molecule has 0 saturated heterocycles. The van der Waals surface area contributed by atoms with Gasteiger partial charge < -0.3 is 4.74 Å². The number of ether oxygens (including phenoxy) is 1. The number of amidine groups is 1. The van der Waals surface area contributed by atoms with E-state index in [-0.39, 0.29) is 18.5 Å². The Balaban J connectivity index is 2.07. The van der Waals surface area contributed by atoms with Gasteiger partial charge in [-0.2, -0.15) is 0 Å². The monoisotopic (exact) mass is 272 g/mol. The summed E-state index contributed by atoms with van der Waals surface area (Å²) in [7, 11) is 0. The van der Waals surface area contributed by atoms with E-state index in [1.807, 2.05) is 30.3 Å². The van der Waals surface area contributed by atoms with Crippen LogP contribution in [0.25, 0.3) is 6.08 Å². The number of rotatable bonds is 4. The number of amides is 1. The maximum atomic E-state index is 12.2. The van der Waals surface area contributed by atoms with E-state index in [2.05, 4.69) is 4.99 Å². The summed E-state index contributed by atoms with van der Waals surface area (Å²) in [5.41, 5.74) is 1.32. The summed E-state index contributed by atoms with van der Waals surface area (Å²) >= 11 is 0. The topological polar surface area (TPSA) is 59.0 Å². The Kier molecular flexibility index (Phi) is 4.30. The van der Waals surface area contributed by atoms with Crippen LogP contribution in [-0.4, -0.2) is 35.8 Å². The lowest BCUT2D eigenvalue weighted by atomic mass is 10.2. The minimum Gasteiger partial charge on any atom is -0.464 e. The van der Waals surface area contributed by atoms with Gasteiger partial charge in [0.15, 0.2) is 0 Å². The van der Waals surface area contributed by atoms with Crippen molar-refractivity contribution in [2.75, 3.05) is 13.2 Å². The number of carbonyl (C=O) groups excluding carboxylic acids is 2. The highest BCUT2D eigenvalue weighted by atomic mass is 16.5. The molecule has 1 aliphatic rings. The summed E-state index contributed by atoms with van der Waals surface area (Å²) in [5, 5.41) is 0. The second-order valence-electron chi connectivity index (χ2n) is 4.40. The molecule has 1 amide bonds. The molecule has 0 aliphatic carbocycles. The molecular formula is C15H16N2O3. The van der Waals surface area contributed by atoms with Crippen LogP contribution < -0.4 is 0 Å². The summed E-state index contributed by atoms with van der Waals surface area (Å²) in [6.07, 6.45) is 1.75. The van der Waals surface area contributed by atoms with E-state index in [0.717, 1.165) is 5.56 Å². The largest absolute Gasteiger partial charge is 0.464 e. The minimum absolute atomic E-state index is 0.168. The number of hydrogen-bond acceptors (Lipinski definition) is 4. The van der Waals surface area contributed by atoms with Crippen LogP contribution in [0.2, 0.25) is 0 Å². The Morgan fingerprint density at radius 2 is 2.05 bits per heavy atom. The molecule has 0 unspecified atom stereocenters. The molecule has 1 aromatic rings. The van der Waals surface area contributed by atoms with Gasteiger partial charge in [-0.1, -0.05) is 30.3 Å². The molecular weight excluding hydrogens is 256 g/mol. The van der Waals surface area contributed by atoms with Crippen molar-refractivity contribution >= 4 is 23.8 Å². The van der Waals surface area contributed by atoms with Crippen molar-refractivity contribution in [3.8, 4) is 0 Å². The van der Waals surface area contributed by atoms with E-state index in [1.165, 1.54) is 11.8 Å². The number of aliphatic imine (C=N–C) groups is 1. The van der Waals surface area contributed by atoms with Gasteiger partial charge in [0.25, 0.3) is 5.91 Å². The van der Waals surface area contributed by atoms with Gasteiger partial charge in [-0.05, 0) is 18.6 Å². The van der Waals surface area contributed by atoms with E-state index >= 15 is 0 Å². The quantitative estimate of drug-likeness (QED) is 0.621. The Labute approximate surface area is 117 Å². The SMILES string of the molecule is CC(=O)OCCN1C(=O)C(=Cc2ccccc2)N=C1C. The molecule has 5 heteroatoms. The Hall–Kier alpha value is -2.43. The number of nitrogens with zero attached hydrogens (tertiary/aromatic N) is 2. The highest BCUT2D eigenvalue weighted by Crippen LogP contribution is 2.17. The zero-order valence-electron chi connectivity index (χ0n) is 11.5. The number of benzene rings is 1. The van der Waals surface area contributed by atoms with Gasteiger partial charge in [0, 0.05) is 6.92 Å². The minimum atomic E-state index is -0.355. The predicted molar refractivity (Wildman–Crippen MR) is 75.9 cm³/mol. The molecule has 0 N–H and O–H groups in total. The molecule has 0 spiro atoms. The molecule has 0 radical (unpaired) electrons. The summed E-state index contributed by atoms with van der Waals surface area (Å²) in [4.78, 5) is 28.7. The summed E-state index contributed by atoms with van der Waals surface area (Å²) in [5.74, 6) is 0.0918. The van der Waals surface area contributed by atoms with E-state index in [1.54, 1.807) is 13.0 Å². The summed E-state index contributed by atoms with van der Waals surface area (Å²) < 4.78 is 4.85. The van der Waals surface area contributed by atoms with Crippen LogP contribution in [0.5, 0.6) is 0 Å². The first-order valence-corrected chi connectivity index (χ1v) is 6.35. The molecule has 1 heterocycles.